The molecule has 0 radical (unpaired) electrons. The van der Waals surface area contributed by atoms with E-state index in [9.17, 15) is 4.79 Å². The predicted octanol–water partition coefficient (Wildman–Crippen LogP) is 5.03. The van der Waals surface area contributed by atoms with E-state index in [2.05, 4.69) is 5.32 Å². The van der Waals surface area contributed by atoms with Gasteiger partial charge in [0.05, 0.1) is 0 Å². The van der Waals surface area contributed by atoms with Crippen LogP contribution < -0.4 is 5.32 Å². The molecule has 0 heterocycles. The van der Waals surface area contributed by atoms with Crippen molar-refractivity contribution in [3.63, 3.8) is 0 Å². The highest BCUT2D eigenvalue weighted by Gasteiger charge is 2.21. The number of ketones is 1. The van der Waals surface area contributed by atoms with E-state index in [0.29, 0.717) is 5.56 Å². The third-order valence-electron chi connectivity index (χ3n) is 3.82. The molecule has 1 atom stereocenters. The highest BCUT2D eigenvalue weighted by molar-refractivity contribution is 6.02. The zero-order chi connectivity index (χ0) is 16.1. The molecule has 0 amide bonds. The van der Waals surface area contributed by atoms with Crippen LogP contribution in [0, 0.1) is 6.92 Å². The van der Waals surface area contributed by atoms with Crippen molar-refractivity contribution >= 4 is 11.5 Å². The van der Waals surface area contributed by atoms with E-state index in [0.717, 1.165) is 16.8 Å². The van der Waals surface area contributed by atoms with Gasteiger partial charge in [-0.3, -0.25) is 4.79 Å². The Kier molecular flexibility index (Phi) is 4.53. The van der Waals surface area contributed by atoms with Gasteiger partial charge in [0, 0.05) is 11.3 Å². The molecule has 3 rings (SSSR count). The van der Waals surface area contributed by atoms with Gasteiger partial charge in [0.1, 0.15) is 6.04 Å². The Hall–Kier alpha value is -2.87. The average molecular weight is 301 g/mol. The zero-order valence-corrected chi connectivity index (χ0v) is 13.1. The van der Waals surface area contributed by atoms with E-state index < -0.39 is 6.04 Å². The first kappa shape index (κ1) is 15.0. The van der Waals surface area contributed by atoms with Gasteiger partial charge in [-0.15, -0.1) is 0 Å². The van der Waals surface area contributed by atoms with Crippen LogP contribution >= 0.6 is 0 Å². The summed E-state index contributed by atoms with van der Waals surface area (Å²) in [6, 6.07) is 27.0. The Bertz CT molecular complexity index is 764. The largest absolute Gasteiger partial charge is 0.371 e. The number of Topliss-reactive ketones (excluding diaryl/α,β-unsaturated/α-hetero) is 1. The minimum Gasteiger partial charge on any atom is -0.371 e. The van der Waals surface area contributed by atoms with Crippen molar-refractivity contribution in [1.29, 1.82) is 0 Å². The molecule has 1 unspecified atom stereocenters. The molecule has 1 N–H and O–H groups in total. The number of anilines is 1. The Balaban J connectivity index is 1.94. The third kappa shape index (κ3) is 3.67. The fraction of sp³-hybridized carbons (Fsp3) is 0.0952. The lowest BCUT2D eigenvalue weighted by Crippen LogP contribution is -2.21. The van der Waals surface area contributed by atoms with Crippen LogP contribution in [0.3, 0.4) is 0 Å². The van der Waals surface area contributed by atoms with E-state index in [4.69, 9.17) is 0 Å². The quantitative estimate of drug-likeness (QED) is 0.670. The molecule has 3 aromatic rings. The number of nitrogens with one attached hydrogen (secondary N) is 1. The first-order chi connectivity index (χ1) is 11.2. The van der Waals surface area contributed by atoms with Gasteiger partial charge in [0.25, 0.3) is 0 Å². The van der Waals surface area contributed by atoms with Gasteiger partial charge in [0.15, 0.2) is 5.78 Å². The molecule has 0 aliphatic heterocycles. The number of aryl methyl sites for hydroxylation is 1. The highest BCUT2D eigenvalue weighted by Crippen LogP contribution is 2.23. The van der Waals surface area contributed by atoms with Crippen LogP contribution in [0.15, 0.2) is 84.9 Å². The van der Waals surface area contributed by atoms with Crippen molar-refractivity contribution in [1.82, 2.24) is 0 Å². The molecule has 0 spiro atoms. The number of carbonyl (C=O) groups excluding carboxylic acids is 1. The maximum atomic E-state index is 13.0. The SMILES string of the molecule is Cc1ccc(C(=O)C(Nc2ccccc2)c2ccccc2)cc1. The summed E-state index contributed by atoms with van der Waals surface area (Å²) in [7, 11) is 0. The Morgan fingerprint density at radius 2 is 1.35 bits per heavy atom. The van der Waals surface area contributed by atoms with Gasteiger partial charge in [0.2, 0.25) is 0 Å². The monoisotopic (exact) mass is 301 g/mol. The van der Waals surface area contributed by atoms with Crippen molar-refractivity contribution in [2.75, 3.05) is 5.32 Å². The number of carbonyl (C=O) groups is 1. The molecular weight excluding hydrogens is 282 g/mol. The summed E-state index contributed by atoms with van der Waals surface area (Å²) < 4.78 is 0. The van der Waals surface area contributed by atoms with Crippen molar-refractivity contribution in [2.24, 2.45) is 0 Å². The summed E-state index contributed by atoms with van der Waals surface area (Å²) in [5.41, 5.74) is 3.76. The number of rotatable bonds is 5. The van der Waals surface area contributed by atoms with E-state index in [1.807, 2.05) is 91.9 Å². The fourth-order valence-corrected chi connectivity index (χ4v) is 2.53. The second-order valence-corrected chi connectivity index (χ2v) is 5.58. The zero-order valence-electron chi connectivity index (χ0n) is 13.1. The van der Waals surface area contributed by atoms with Gasteiger partial charge in [-0.2, -0.15) is 0 Å². The molecule has 2 heteroatoms. The molecule has 114 valence electrons. The third-order valence-corrected chi connectivity index (χ3v) is 3.82. The smallest absolute Gasteiger partial charge is 0.189 e. The molecule has 3 aromatic carbocycles. The van der Waals surface area contributed by atoms with Crippen LogP contribution in [0.4, 0.5) is 5.69 Å². The maximum absolute atomic E-state index is 13.0. The van der Waals surface area contributed by atoms with Gasteiger partial charge in [-0.25, -0.2) is 0 Å². The minimum absolute atomic E-state index is 0.0695. The lowest BCUT2D eigenvalue weighted by Gasteiger charge is -2.19. The molecule has 0 fully saturated rings. The van der Waals surface area contributed by atoms with Gasteiger partial charge >= 0.3 is 0 Å². The lowest BCUT2D eigenvalue weighted by atomic mass is 9.96. The molecule has 0 saturated heterocycles. The lowest BCUT2D eigenvalue weighted by molar-refractivity contribution is 0.0969. The summed E-state index contributed by atoms with van der Waals surface area (Å²) in [4.78, 5) is 13.0. The van der Waals surface area contributed by atoms with Gasteiger partial charge in [-0.05, 0) is 24.6 Å². The number of hydrogen-bond donors (Lipinski definition) is 1. The first-order valence-corrected chi connectivity index (χ1v) is 7.71. The van der Waals surface area contributed by atoms with Gasteiger partial charge in [-0.1, -0.05) is 78.4 Å². The summed E-state index contributed by atoms with van der Waals surface area (Å²) in [6.45, 7) is 2.02. The van der Waals surface area contributed by atoms with Crippen molar-refractivity contribution in [3.05, 3.63) is 102 Å². The number of hydrogen-bond acceptors (Lipinski definition) is 2. The Morgan fingerprint density at radius 1 is 0.783 bits per heavy atom. The molecule has 0 bridgehead atoms. The van der Waals surface area contributed by atoms with Crippen LogP contribution in [0.25, 0.3) is 0 Å². The van der Waals surface area contributed by atoms with E-state index >= 15 is 0 Å². The normalized spacial score (nSPS) is 11.7. The first-order valence-electron chi connectivity index (χ1n) is 7.71. The minimum atomic E-state index is -0.402. The molecule has 0 aliphatic rings. The van der Waals surface area contributed by atoms with Gasteiger partial charge < -0.3 is 5.32 Å². The second-order valence-electron chi connectivity index (χ2n) is 5.58. The van der Waals surface area contributed by atoms with Crippen LogP contribution in [0.1, 0.15) is 27.5 Å². The van der Waals surface area contributed by atoms with E-state index in [-0.39, 0.29) is 5.78 Å². The molecular formula is C21H19NO. The number of para-hydroxylation sites is 1. The standard InChI is InChI=1S/C21H19NO/c1-16-12-14-18(15-13-16)21(23)20(17-8-4-2-5-9-17)22-19-10-6-3-7-11-19/h2-15,20,22H,1H3. The average Bonchev–Trinajstić information content (AvgIpc) is 2.61. The summed E-state index contributed by atoms with van der Waals surface area (Å²) in [5, 5.41) is 3.36. The topological polar surface area (TPSA) is 29.1 Å². The number of benzene rings is 3. The molecule has 23 heavy (non-hydrogen) atoms. The van der Waals surface area contributed by atoms with Crippen LogP contribution in [0.2, 0.25) is 0 Å². The molecule has 0 aliphatic carbocycles. The highest BCUT2D eigenvalue weighted by atomic mass is 16.1. The van der Waals surface area contributed by atoms with Crippen molar-refractivity contribution in [2.45, 2.75) is 13.0 Å². The van der Waals surface area contributed by atoms with Crippen molar-refractivity contribution in [3.8, 4) is 0 Å². The van der Waals surface area contributed by atoms with E-state index in [1.54, 1.807) is 0 Å². The predicted molar refractivity (Wildman–Crippen MR) is 94.8 cm³/mol. The van der Waals surface area contributed by atoms with Crippen LogP contribution in [-0.4, -0.2) is 5.78 Å². The molecule has 2 nitrogen and oxygen atoms in total. The molecule has 0 aromatic heterocycles. The van der Waals surface area contributed by atoms with Crippen molar-refractivity contribution < 1.29 is 4.79 Å². The maximum Gasteiger partial charge on any atom is 0.189 e. The summed E-state index contributed by atoms with van der Waals surface area (Å²) in [5.74, 6) is 0.0695. The second kappa shape index (κ2) is 6.93. The molecule has 0 saturated carbocycles. The van der Waals surface area contributed by atoms with E-state index in [1.165, 1.54) is 0 Å². The Labute approximate surface area is 136 Å². The van der Waals surface area contributed by atoms with Crippen LogP contribution in [0.5, 0.6) is 0 Å². The Morgan fingerprint density at radius 3 is 1.96 bits per heavy atom. The summed E-state index contributed by atoms with van der Waals surface area (Å²) >= 11 is 0. The van der Waals surface area contributed by atoms with Crippen LogP contribution in [-0.2, 0) is 0 Å². The summed E-state index contributed by atoms with van der Waals surface area (Å²) in [6.07, 6.45) is 0. The fourth-order valence-electron chi connectivity index (χ4n) is 2.53.